The number of ether oxygens (including phenoxy) is 2. The maximum atomic E-state index is 12.2. The number of benzene rings is 2. The summed E-state index contributed by atoms with van der Waals surface area (Å²) in [6.45, 7) is 4.09. The monoisotopic (exact) mass is 371 g/mol. The molecule has 0 atom stereocenters. The van der Waals surface area contributed by atoms with Gasteiger partial charge in [-0.3, -0.25) is 10.1 Å². The fraction of sp³-hybridized carbons (Fsp3) is 0.263. The Bertz CT molecular complexity index is 914. The fourth-order valence-corrected chi connectivity index (χ4v) is 3.28. The number of hydrogen-bond acceptors (Lipinski definition) is 5. The maximum absolute atomic E-state index is 12.2. The van der Waals surface area contributed by atoms with E-state index in [0.29, 0.717) is 17.4 Å². The highest BCUT2D eigenvalue weighted by molar-refractivity contribution is 8.00. The number of rotatable bonds is 6. The summed E-state index contributed by atoms with van der Waals surface area (Å²) in [4.78, 5) is 20.7. The standard InChI is InChI=1S/C19H21N3O3S/c1-11-7-14-15(8-12(11)2)21-19(20-14)22-18(23)10-26-13-5-6-16(24-3)17(9-13)25-4/h5-9H,10H2,1-4H3,(H2,20,21,22,23). The summed E-state index contributed by atoms with van der Waals surface area (Å²) < 4.78 is 10.5. The van der Waals surface area contributed by atoms with E-state index in [9.17, 15) is 4.79 Å². The quantitative estimate of drug-likeness (QED) is 0.642. The predicted molar refractivity (Wildman–Crippen MR) is 104 cm³/mol. The van der Waals surface area contributed by atoms with Crippen molar-refractivity contribution in [3.05, 3.63) is 41.5 Å². The Morgan fingerprint density at radius 1 is 1.12 bits per heavy atom. The molecule has 1 amide bonds. The van der Waals surface area contributed by atoms with Gasteiger partial charge < -0.3 is 14.5 Å². The molecular weight excluding hydrogens is 350 g/mol. The van der Waals surface area contributed by atoms with Crippen LogP contribution in [0.15, 0.2) is 35.2 Å². The van der Waals surface area contributed by atoms with Crippen LogP contribution in [0, 0.1) is 13.8 Å². The third kappa shape index (κ3) is 3.94. The highest BCUT2D eigenvalue weighted by atomic mass is 32.2. The van der Waals surface area contributed by atoms with E-state index in [1.165, 1.54) is 22.9 Å². The van der Waals surface area contributed by atoms with Crippen molar-refractivity contribution < 1.29 is 14.3 Å². The van der Waals surface area contributed by atoms with E-state index < -0.39 is 0 Å². The summed E-state index contributed by atoms with van der Waals surface area (Å²) in [5.74, 6) is 1.90. The molecule has 3 aromatic rings. The number of nitrogens with zero attached hydrogens (tertiary/aromatic N) is 1. The Labute approximate surface area is 156 Å². The van der Waals surface area contributed by atoms with E-state index in [-0.39, 0.29) is 11.7 Å². The predicted octanol–water partition coefficient (Wildman–Crippen LogP) is 3.93. The lowest BCUT2D eigenvalue weighted by molar-refractivity contribution is -0.113. The number of imidazole rings is 1. The number of carbonyl (C=O) groups is 1. The number of aromatic amines is 1. The molecule has 6 nitrogen and oxygen atoms in total. The molecule has 2 aromatic carbocycles. The van der Waals surface area contributed by atoms with Gasteiger partial charge in [-0.05, 0) is 55.3 Å². The molecular formula is C19H21N3O3S. The van der Waals surface area contributed by atoms with Gasteiger partial charge in [0.25, 0.3) is 0 Å². The van der Waals surface area contributed by atoms with Crippen molar-refractivity contribution in [2.24, 2.45) is 0 Å². The molecule has 1 aromatic heterocycles. The van der Waals surface area contributed by atoms with Gasteiger partial charge >= 0.3 is 0 Å². The van der Waals surface area contributed by atoms with Gasteiger partial charge in [-0.1, -0.05) is 0 Å². The molecule has 0 radical (unpaired) electrons. The van der Waals surface area contributed by atoms with Crippen molar-refractivity contribution in [1.29, 1.82) is 0 Å². The average molecular weight is 371 g/mol. The maximum Gasteiger partial charge on any atom is 0.237 e. The summed E-state index contributed by atoms with van der Waals surface area (Å²) in [5, 5.41) is 2.81. The van der Waals surface area contributed by atoms with Crippen LogP contribution in [0.25, 0.3) is 11.0 Å². The Morgan fingerprint density at radius 3 is 2.58 bits per heavy atom. The van der Waals surface area contributed by atoms with Crippen LogP contribution in [0.4, 0.5) is 5.95 Å². The third-order valence-corrected chi connectivity index (χ3v) is 5.07. The molecule has 0 unspecified atom stereocenters. The average Bonchev–Trinajstić information content (AvgIpc) is 3.00. The first kappa shape index (κ1) is 18.1. The summed E-state index contributed by atoms with van der Waals surface area (Å²) >= 11 is 1.42. The molecule has 0 fully saturated rings. The first-order valence-corrected chi connectivity index (χ1v) is 9.10. The Morgan fingerprint density at radius 2 is 1.85 bits per heavy atom. The van der Waals surface area contributed by atoms with Crippen LogP contribution in [0.2, 0.25) is 0 Å². The van der Waals surface area contributed by atoms with Crippen LogP contribution in [0.3, 0.4) is 0 Å². The van der Waals surface area contributed by atoms with E-state index in [1.54, 1.807) is 14.2 Å². The molecule has 0 saturated heterocycles. The number of thioether (sulfide) groups is 1. The summed E-state index contributed by atoms with van der Waals surface area (Å²) in [5.41, 5.74) is 4.11. The number of carbonyl (C=O) groups excluding carboxylic acids is 1. The molecule has 0 aliphatic carbocycles. The Kier molecular flexibility index (Phi) is 5.37. The lowest BCUT2D eigenvalue weighted by Gasteiger charge is -2.09. The van der Waals surface area contributed by atoms with Gasteiger partial charge in [-0.25, -0.2) is 4.98 Å². The lowest BCUT2D eigenvalue weighted by atomic mass is 10.1. The summed E-state index contributed by atoms with van der Waals surface area (Å²) in [7, 11) is 3.18. The fourth-order valence-electron chi connectivity index (χ4n) is 2.55. The third-order valence-electron chi connectivity index (χ3n) is 4.08. The topological polar surface area (TPSA) is 76.2 Å². The van der Waals surface area contributed by atoms with Crippen molar-refractivity contribution in [3.8, 4) is 11.5 Å². The Balaban J connectivity index is 1.64. The minimum absolute atomic E-state index is 0.128. The summed E-state index contributed by atoms with van der Waals surface area (Å²) in [6.07, 6.45) is 0. The number of aromatic nitrogens is 2. The largest absolute Gasteiger partial charge is 0.493 e. The van der Waals surface area contributed by atoms with Crippen molar-refractivity contribution in [1.82, 2.24) is 9.97 Å². The normalized spacial score (nSPS) is 10.8. The smallest absolute Gasteiger partial charge is 0.237 e. The molecule has 26 heavy (non-hydrogen) atoms. The van der Waals surface area contributed by atoms with Crippen LogP contribution in [0.1, 0.15) is 11.1 Å². The number of nitrogens with one attached hydrogen (secondary N) is 2. The number of aryl methyl sites for hydroxylation is 2. The van der Waals surface area contributed by atoms with Crippen LogP contribution < -0.4 is 14.8 Å². The minimum atomic E-state index is -0.128. The van der Waals surface area contributed by atoms with E-state index in [1.807, 2.05) is 44.2 Å². The SMILES string of the molecule is COc1ccc(SCC(=O)Nc2nc3cc(C)c(C)cc3[nH]2)cc1OC. The van der Waals surface area contributed by atoms with Gasteiger partial charge in [0.2, 0.25) is 11.9 Å². The van der Waals surface area contributed by atoms with Crippen molar-refractivity contribution >= 4 is 34.7 Å². The van der Waals surface area contributed by atoms with E-state index in [2.05, 4.69) is 15.3 Å². The van der Waals surface area contributed by atoms with Gasteiger partial charge in [0.15, 0.2) is 11.5 Å². The second-order valence-electron chi connectivity index (χ2n) is 5.89. The van der Waals surface area contributed by atoms with Gasteiger partial charge in [0.1, 0.15) is 0 Å². The van der Waals surface area contributed by atoms with Crippen LogP contribution in [-0.2, 0) is 4.79 Å². The highest BCUT2D eigenvalue weighted by Crippen LogP contribution is 2.31. The molecule has 3 rings (SSSR count). The van der Waals surface area contributed by atoms with E-state index in [0.717, 1.165) is 15.9 Å². The molecule has 0 saturated carbocycles. The van der Waals surface area contributed by atoms with E-state index in [4.69, 9.17) is 9.47 Å². The van der Waals surface area contributed by atoms with Gasteiger partial charge in [0.05, 0.1) is 31.0 Å². The van der Waals surface area contributed by atoms with Crippen LogP contribution >= 0.6 is 11.8 Å². The molecule has 2 N–H and O–H groups in total. The second kappa shape index (κ2) is 7.70. The zero-order valence-corrected chi connectivity index (χ0v) is 16.0. The second-order valence-corrected chi connectivity index (χ2v) is 6.94. The molecule has 0 aliphatic rings. The molecule has 0 spiro atoms. The molecule has 136 valence electrons. The van der Waals surface area contributed by atoms with Crippen molar-refractivity contribution in [2.75, 3.05) is 25.3 Å². The number of H-pyrrole nitrogens is 1. The first-order chi connectivity index (χ1) is 12.5. The molecule has 0 bridgehead atoms. The summed E-state index contributed by atoms with van der Waals surface area (Å²) in [6, 6.07) is 9.61. The molecule has 0 aliphatic heterocycles. The zero-order valence-electron chi connectivity index (χ0n) is 15.2. The number of hydrogen-bond donors (Lipinski definition) is 2. The highest BCUT2D eigenvalue weighted by Gasteiger charge is 2.10. The van der Waals surface area contributed by atoms with Crippen LogP contribution in [0.5, 0.6) is 11.5 Å². The van der Waals surface area contributed by atoms with Crippen LogP contribution in [-0.4, -0.2) is 35.8 Å². The number of amides is 1. The number of methoxy groups -OCH3 is 2. The zero-order chi connectivity index (χ0) is 18.7. The number of anilines is 1. The van der Waals surface area contributed by atoms with Crippen molar-refractivity contribution in [2.45, 2.75) is 18.7 Å². The van der Waals surface area contributed by atoms with Gasteiger partial charge in [-0.2, -0.15) is 0 Å². The number of fused-ring (bicyclic) bond motifs is 1. The van der Waals surface area contributed by atoms with E-state index >= 15 is 0 Å². The Hall–Kier alpha value is -2.67. The van der Waals surface area contributed by atoms with Gasteiger partial charge in [-0.15, -0.1) is 11.8 Å². The molecule has 1 heterocycles. The lowest BCUT2D eigenvalue weighted by Crippen LogP contribution is -2.14. The van der Waals surface area contributed by atoms with Crippen molar-refractivity contribution in [3.63, 3.8) is 0 Å². The first-order valence-electron chi connectivity index (χ1n) is 8.12. The van der Waals surface area contributed by atoms with Gasteiger partial charge in [0, 0.05) is 4.90 Å². The minimum Gasteiger partial charge on any atom is -0.493 e. The molecule has 7 heteroatoms.